The summed E-state index contributed by atoms with van der Waals surface area (Å²) in [5.41, 5.74) is 9.26. The van der Waals surface area contributed by atoms with Gasteiger partial charge in [-0.2, -0.15) is 5.26 Å². The first kappa shape index (κ1) is 11.7. The molecule has 0 atom stereocenters. The third-order valence-corrected chi connectivity index (χ3v) is 3.17. The van der Waals surface area contributed by atoms with Gasteiger partial charge in [0.15, 0.2) is 5.82 Å². The largest absolute Gasteiger partial charge is 0.397 e. The maximum Gasteiger partial charge on any atom is 0.157 e. The molecule has 0 saturated heterocycles. The van der Waals surface area contributed by atoms with Crippen LogP contribution < -0.4 is 5.73 Å². The summed E-state index contributed by atoms with van der Waals surface area (Å²) in [6.45, 7) is 0. The van der Waals surface area contributed by atoms with Crippen molar-refractivity contribution >= 4 is 32.7 Å². The lowest BCUT2D eigenvalue weighted by atomic mass is 10.2. The Bertz CT molecular complexity index is 798. The van der Waals surface area contributed by atoms with Crippen molar-refractivity contribution in [3.05, 3.63) is 40.5 Å². The van der Waals surface area contributed by atoms with Crippen molar-refractivity contribution in [3.63, 3.8) is 0 Å². The van der Waals surface area contributed by atoms with Crippen molar-refractivity contribution in [2.75, 3.05) is 5.73 Å². The van der Waals surface area contributed by atoms with Crippen LogP contribution in [0.2, 0.25) is 0 Å². The third-order valence-electron chi connectivity index (χ3n) is 2.72. The van der Waals surface area contributed by atoms with E-state index in [1.165, 1.54) is 6.20 Å². The fourth-order valence-corrected chi connectivity index (χ4v) is 2.30. The molecule has 0 radical (unpaired) electrons. The van der Waals surface area contributed by atoms with Crippen molar-refractivity contribution in [1.29, 1.82) is 5.26 Å². The summed E-state index contributed by atoms with van der Waals surface area (Å²) in [6.07, 6.45) is 1.52. The second-order valence-electron chi connectivity index (χ2n) is 4.02. The molecule has 0 saturated carbocycles. The van der Waals surface area contributed by atoms with Crippen molar-refractivity contribution < 1.29 is 0 Å². The number of nitriles is 1. The standard InChI is InChI=1S/C13H8BrN5/c14-8-3-9(16)12-11(4-8)18-13(19-12)10-2-1-7(5-15)6-17-10/h1-4,6H,16H2,(H,18,19). The van der Waals surface area contributed by atoms with Crippen molar-refractivity contribution in [2.45, 2.75) is 0 Å². The summed E-state index contributed by atoms with van der Waals surface area (Å²) in [7, 11) is 0. The van der Waals surface area contributed by atoms with E-state index in [-0.39, 0.29) is 0 Å². The molecule has 19 heavy (non-hydrogen) atoms. The molecule has 3 rings (SSSR count). The average molecular weight is 314 g/mol. The molecule has 0 aliphatic rings. The van der Waals surface area contributed by atoms with Gasteiger partial charge in [-0.3, -0.25) is 4.98 Å². The Hall–Kier alpha value is -2.39. The minimum atomic E-state index is 0.516. The number of nitrogens with one attached hydrogen (secondary N) is 1. The minimum Gasteiger partial charge on any atom is -0.397 e. The zero-order chi connectivity index (χ0) is 13.4. The van der Waals surface area contributed by atoms with Crippen LogP contribution in [0.5, 0.6) is 0 Å². The molecule has 92 valence electrons. The van der Waals surface area contributed by atoms with Crippen LogP contribution in [0.1, 0.15) is 5.56 Å². The molecule has 6 heteroatoms. The predicted octanol–water partition coefficient (Wildman–Crippen LogP) is 2.84. The molecule has 0 aliphatic carbocycles. The quantitative estimate of drug-likeness (QED) is 0.676. The van der Waals surface area contributed by atoms with E-state index in [1.54, 1.807) is 18.2 Å². The SMILES string of the molecule is N#Cc1ccc(-c2nc3c(N)cc(Br)cc3[nH]2)nc1. The van der Waals surface area contributed by atoms with E-state index in [0.29, 0.717) is 28.3 Å². The van der Waals surface area contributed by atoms with E-state index in [4.69, 9.17) is 11.0 Å². The van der Waals surface area contributed by atoms with E-state index in [9.17, 15) is 0 Å². The van der Waals surface area contributed by atoms with Gasteiger partial charge in [-0.1, -0.05) is 15.9 Å². The summed E-state index contributed by atoms with van der Waals surface area (Å²) in [4.78, 5) is 11.8. The van der Waals surface area contributed by atoms with Crippen LogP contribution in [0.25, 0.3) is 22.6 Å². The molecule has 2 aromatic heterocycles. The van der Waals surface area contributed by atoms with Crippen molar-refractivity contribution in [2.24, 2.45) is 0 Å². The van der Waals surface area contributed by atoms with Crippen LogP contribution >= 0.6 is 15.9 Å². The van der Waals surface area contributed by atoms with E-state index < -0.39 is 0 Å². The van der Waals surface area contributed by atoms with Crippen LogP contribution in [-0.2, 0) is 0 Å². The van der Waals surface area contributed by atoms with Gasteiger partial charge >= 0.3 is 0 Å². The van der Waals surface area contributed by atoms with Gasteiger partial charge < -0.3 is 10.7 Å². The van der Waals surface area contributed by atoms with Gasteiger partial charge in [-0.15, -0.1) is 0 Å². The number of hydrogen-bond acceptors (Lipinski definition) is 4. The zero-order valence-electron chi connectivity index (χ0n) is 9.68. The van der Waals surface area contributed by atoms with Crippen molar-refractivity contribution in [3.8, 4) is 17.6 Å². The molecule has 0 spiro atoms. The van der Waals surface area contributed by atoms with Gasteiger partial charge in [0, 0.05) is 10.7 Å². The van der Waals surface area contributed by atoms with Gasteiger partial charge in [0.25, 0.3) is 0 Å². The Morgan fingerprint density at radius 3 is 2.84 bits per heavy atom. The first-order valence-electron chi connectivity index (χ1n) is 5.48. The maximum absolute atomic E-state index is 8.75. The Balaban J connectivity index is 2.15. The number of H-pyrrole nitrogens is 1. The highest BCUT2D eigenvalue weighted by Crippen LogP contribution is 2.27. The Kier molecular flexibility index (Phi) is 2.69. The Labute approximate surface area is 117 Å². The number of halogens is 1. The molecule has 0 amide bonds. The number of aromatic nitrogens is 3. The molecule has 5 nitrogen and oxygen atoms in total. The van der Waals surface area contributed by atoms with Gasteiger partial charge in [-0.25, -0.2) is 4.98 Å². The number of pyridine rings is 1. The van der Waals surface area contributed by atoms with E-state index >= 15 is 0 Å². The number of nitrogens with two attached hydrogens (primary N) is 1. The molecule has 0 bridgehead atoms. The number of nitrogen functional groups attached to an aromatic ring is 1. The smallest absolute Gasteiger partial charge is 0.157 e. The van der Waals surface area contributed by atoms with Crippen LogP contribution in [0.3, 0.4) is 0 Å². The summed E-state index contributed by atoms with van der Waals surface area (Å²) in [5, 5.41) is 8.75. The maximum atomic E-state index is 8.75. The number of nitrogens with zero attached hydrogens (tertiary/aromatic N) is 3. The van der Waals surface area contributed by atoms with Crippen LogP contribution in [0.15, 0.2) is 34.9 Å². The fraction of sp³-hybridized carbons (Fsp3) is 0. The second kappa shape index (κ2) is 4.37. The Morgan fingerprint density at radius 2 is 2.16 bits per heavy atom. The van der Waals surface area contributed by atoms with E-state index in [2.05, 4.69) is 30.9 Å². The van der Waals surface area contributed by atoms with Crippen molar-refractivity contribution in [1.82, 2.24) is 15.0 Å². The molecule has 0 aliphatic heterocycles. The van der Waals surface area contributed by atoms with Gasteiger partial charge in [0.1, 0.15) is 17.3 Å². The van der Waals surface area contributed by atoms with Crippen LogP contribution in [0, 0.1) is 11.3 Å². The molecule has 0 unspecified atom stereocenters. The van der Waals surface area contributed by atoms with Gasteiger partial charge in [-0.05, 0) is 24.3 Å². The van der Waals surface area contributed by atoms with E-state index in [1.807, 2.05) is 12.1 Å². The highest BCUT2D eigenvalue weighted by Gasteiger charge is 2.09. The first-order chi connectivity index (χ1) is 9.17. The number of benzene rings is 1. The third kappa shape index (κ3) is 2.04. The van der Waals surface area contributed by atoms with E-state index in [0.717, 1.165) is 9.99 Å². The second-order valence-corrected chi connectivity index (χ2v) is 4.94. The number of imidazole rings is 1. The average Bonchev–Trinajstić information content (AvgIpc) is 2.83. The first-order valence-corrected chi connectivity index (χ1v) is 6.28. The predicted molar refractivity (Wildman–Crippen MR) is 76.2 cm³/mol. The number of anilines is 1. The van der Waals surface area contributed by atoms with Crippen LogP contribution in [0.4, 0.5) is 5.69 Å². The Morgan fingerprint density at radius 1 is 1.32 bits per heavy atom. The zero-order valence-corrected chi connectivity index (χ0v) is 11.3. The molecule has 3 N–H and O–H groups in total. The summed E-state index contributed by atoms with van der Waals surface area (Å²) in [6, 6.07) is 9.20. The molecule has 2 heterocycles. The van der Waals surface area contributed by atoms with Gasteiger partial charge in [0.2, 0.25) is 0 Å². The fourth-order valence-electron chi connectivity index (χ4n) is 1.83. The number of fused-ring (bicyclic) bond motifs is 1. The minimum absolute atomic E-state index is 0.516. The van der Waals surface area contributed by atoms with Gasteiger partial charge in [0.05, 0.1) is 16.8 Å². The topological polar surface area (TPSA) is 91.4 Å². The number of rotatable bonds is 1. The molecule has 0 fully saturated rings. The molecule has 3 aromatic rings. The summed E-state index contributed by atoms with van der Waals surface area (Å²) >= 11 is 3.39. The molecular weight excluding hydrogens is 306 g/mol. The normalized spacial score (nSPS) is 10.5. The lowest BCUT2D eigenvalue weighted by Crippen LogP contribution is -1.87. The van der Waals surface area contributed by atoms with Crippen LogP contribution in [-0.4, -0.2) is 15.0 Å². The molecular formula is C13H8BrN5. The monoisotopic (exact) mass is 313 g/mol. The lowest BCUT2D eigenvalue weighted by molar-refractivity contribution is 1.23. The molecule has 1 aromatic carbocycles. The lowest BCUT2D eigenvalue weighted by Gasteiger charge is -1.94. The number of aromatic amines is 1. The summed E-state index contributed by atoms with van der Waals surface area (Å²) in [5.74, 6) is 0.629. The highest BCUT2D eigenvalue weighted by molar-refractivity contribution is 9.10. The summed E-state index contributed by atoms with van der Waals surface area (Å²) < 4.78 is 0.889. The number of hydrogen-bond donors (Lipinski definition) is 2. The highest BCUT2D eigenvalue weighted by atomic mass is 79.9.